The lowest BCUT2D eigenvalue weighted by molar-refractivity contribution is -0.108. The predicted molar refractivity (Wildman–Crippen MR) is 69.6 cm³/mol. The van der Waals surface area contributed by atoms with E-state index in [1.807, 2.05) is 18.2 Å². The minimum absolute atomic E-state index is 0.0444. The number of hydrogen-bond acceptors (Lipinski definition) is 4. The molecular formula is C13H10N4O2. The predicted octanol–water partition coefficient (Wildman–Crippen LogP) is 0.985. The fraction of sp³-hybridized carbons (Fsp3) is 0.0769. The van der Waals surface area contributed by atoms with Crippen molar-refractivity contribution in [2.75, 3.05) is 0 Å². The molecule has 0 saturated carbocycles. The van der Waals surface area contributed by atoms with Crippen molar-refractivity contribution in [1.82, 2.24) is 19.5 Å². The summed E-state index contributed by atoms with van der Waals surface area (Å²) < 4.78 is 1.32. The van der Waals surface area contributed by atoms with Crippen LogP contribution in [0.5, 0.6) is 0 Å². The Morgan fingerprint density at radius 3 is 2.79 bits per heavy atom. The fourth-order valence-electron chi connectivity index (χ4n) is 1.93. The van der Waals surface area contributed by atoms with Gasteiger partial charge >= 0.3 is 5.69 Å². The van der Waals surface area contributed by atoms with E-state index in [-0.39, 0.29) is 12.2 Å². The Kier molecular flexibility index (Phi) is 2.68. The summed E-state index contributed by atoms with van der Waals surface area (Å²) in [4.78, 5) is 33.2. The van der Waals surface area contributed by atoms with Gasteiger partial charge in [0.1, 0.15) is 6.29 Å². The molecule has 0 aliphatic heterocycles. The summed E-state index contributed by atoms with van der Waals surface area (Å²) in [5.74, 6) is 0. The Morgan fingerprint density at radius 1 is 1.21 bits per heavy atom. The average molecular weight is 254 g/mol. The highest BCUT2D eigenvalue weighted by Crippen LogP contribution is 2.19. The van der Waals surface area contributed by atoms with E-state index in [0.29, 0.717) is 12.0 Å². The number of fused-ring (bicyclic) bond motifs is 1. The lowest BCUT2D eigenvalue weighted by atomic mass is 10.1. The first-order valence-electron chi connectivity index (χ1n) is 5.72. The van der Waals surface area contributed by atoms with E-state index >= 15 is 0 Å². The molecule has 0 amide bonds. The van der Waals surface area contributed by atoms with E-state index in [9.17, 15) is 9.59 Å². The molecule has 2 heterocycles. The number of carbonyl (C=O) groups is 1. The van der Waals surface area contributed by atoms with Crippen LogP contribution < -0.4 is 5.69 Å². The molecule has 3 rings (SSSR count). The quantitative estimate of drug-likeness (QED) is 0.706. The zero-order chi connectivity index (χ0) is 13.2. The minimum atomic E-state index is -0.304. The molecule has 1 aromatic carbocycles. The molecular weight excluding hydrogens is 244 g/mol. The molecule has 0 unspecified atom stereocenters. The highest BCUT2D eigenvalue weighted by atomic mass is 16.1. The smallest absolute Gasteiger partial charge is 0.306 e. The normalized spacial score (nSPS) is 10.7. The molecule has 19 heavy (non-hydrogen) atoms. The maximum absolute atomic E-state index is 11.6. The van der Waals surface area contributed by atoms with Crippen molar-refractivity contribution in [2.45, 2.75) is 6.54 Å². The number of hydrogen-bond donors (Lipinski definition) is 1. The Labute approximate surface area is 107 Å². The van der Waals surface area contributed by atoms with Crippen molar-refractivity contribution < 1.29 is 4.79 Å². The van der Waals surface area contributed by atoms with Crippen LogP contribution in [0.15, 0.2) is 41.6 Å². The molecule has 0 bridgehead atoms. The van der Waals surface area contributed by atoms with Gasteiger partial charge in [0.05, 0.1) is 23.3 Å². The van der Waals surface area contributed by atoms with Crippen LogP contribution in [0.25, 0.3) is 22.3 Å². The second kappa shape index (κ2) is 4.49. The number of nitrogens with zero attached hydrogens (tertiary/aromatic N) is 3. The van der Waals surface area contributed by atoms with E-state index < -0.39 is 0 Å². The second-order valence-electron chi connectivity index (χ2n) is 4.05. The fourth-order valence-corrected chi connectivity index (χ4v) is 1.93. The minimum Gasteiger partial charge on any atom is -0.306 e. The van der Waals surface area contributed by atoms with Crippen LogP contribution in [0, 0.1) is 0 Å². The number of carbonyl (C=O) groups excluding carboxylic acids is 1. The maximum atomic E-state index is 11.6. The summed E-state index contributed by atoms with van der Waals surface area (Å²) in [6.45, 7) is 0.0444. The van der Waals surface area contributed by atoms with Crippen molar-refractivity contribution in [3.63, 3.8) is 0 Å². The van der Waals surface area contributed by atoms with Crippen molar-refractivity contribution in [2.24, 2.45) is 0 Å². The van der Waals surface area contributed by atoms with Crippen LogP contribution in [-0.2, 0) is 11.3 Å². The Morgan fingerprint density at radius 2 is 2.00 bits per heavy atom. The summed E-state index contributed by atoms with van der Waals surface area (Å²) in [6.07, 6.45) is 5.55. The number of aldehydes is 1. The molecule has 0 spiro atoms. The summed E-state index contributed by atoms with van der Waals surface area (Å²) in [6, 6.07) is 5.54. The van der Waals surface area contributed by atoms with Crippen molar-refractivity contribution in [3.8, 4) is 11.3 Å². The zero-order valence-electron chi connectivity index (χ0n) is 9.91. The molecule has 3 aromatic rings. The third-order valence-corrected chi connectivity index (χ3v) is 2.84. The van der Waals surface area contributed by atoms with Gasteiger partial charge in [-0.1, -0.05) is 6.07 Å². The van der Waals surface area contributed by atoms with Crippen molar-refractivity contribution in [3.05, 3.63) is 47.3 Å². The first-order chi connectivity index (χ1) is 9.28. The summed E-state index contributed by atoms with van der Waals surface area (Å²) in [7, 11) is 0. The third-order valence-electron chi connectivity index (χ3n) is 2.84. The Balaban J connectivity index is 2.11. The second-order valence-corrected chi connectivity index (χ2v) is 4.05. The average Bonchev–Trinajstić information content (AvgIpc) is 2.80. The van der Waals surface area contributed by atoms with E-state index in [4.69, 9.17) is 0 Å². The standard InChI is InChI=1S/C13H10N4O2/c18-6-5-17-8-12(16-13(17)19)9-1-2-10-11(7-9)15-4-3-14-10/h1-4,6-8H,5H2,(H,16,19). The molecule has 94 valence electrons. The molecule has 0 aliphatic rings. The van der Waals surface area contributed by atoms with Crippen LogP contribution in [0.3, 0.4) is 0 Å². The highest BCUT2D eigenvalue weighted by Gasteiger charge is 2.06. The summed E-state index contributed by atoms with van der Waals surface area (Å²) in [5, 5.41) is 0. The van der Waals surface area contributed by atoms with Gasteiger partial charge in [0, 0.05) is 24.2 Å². The number of rotatable bonds is 3. The van der Waals surface area contributed by atoms with E-state index in [0.717, 1.165) is 16.6 Å². The van der Waals surface area contributed by atoms with Gasteiger partial charge in [-0.15, -0.1) is 0 Å². The van der Waals surface area contributed by atoms with Crippen LogP contribution >= 0.6 is 0 Å². The number of aromatic amines is 1. The van der Waals surface area contributed by atoms with Crippen LogP contribution in [0.2, 0.25) is 0 Å². The largest absolute Gasteiger partial charge is 0.326 e. The molecule has 2 aromatic heterocycles. The maximum Gasteiger partial charge on any atom is 0.326 e. The number of aromatic nitrogens is 4. The Hall–Kier alpha value is -2.76. The van der Waals surface area contributed by atoms with Gasteiger partial charge < -0.3 is 9.78 Å². The van der Waals surface area contributed by atoms with E-state index in [2.05, 4.69) is 15.0 Å². The summed E-state index contributed by atoms with van der Waals surface area (Å²) >= 11 is 0. The monoisotopic (exact) mass is 254 g/mol. The molecule has 6 nitrogen and oxygen atoms in total. The SMILES string of the molecule is O=CCn1cc(-c2ccc3nccnc3c2)[nH]c1=O. The van der Waals surface area contributed by atoms with Gasteiger partial charge in [0.25, 0.3) is 0 Å². The molecule has 0 atom stereocenters. The highest BCUT2D eigenvalue weighted by molar-refractivity contribution is 5.79. The van der Waals surface area contributed by atoms with E-state index in [1.165, 1.54) is 4.57 Å². The number of H-pyrrole nitrogens is 1. The van der Waals surface area contributed by atoms with Gasteiger partial charge in [-0.25, -0.2) is 4.79 Å². The third kappa shape index (κ3) is 2.03. The number of imidazole rings is 1. The number of nitrogens with one attached hydrogen (secondary N) is 1. The molecule has 0 fully saturated rings. The molecule has 0 saturated heterocycles. The van der Waals surface area contributed by atoms with Gasteiger partial charge in [0.2, 0.25) is 0 Å². The zero-order valence-corrected chi connectivity index (χ0v) is 9.91. The van der Waals surface area contributed by atoms with Crippen LogP contribution in [0.1, 0.15) is 0 Å². The van der Waals surface area contributed by atoms with E-state index in [1.54, 1.807) is 18.6 Å². The molecule has 1 N–H and O–H groups in total. The number of benzene rings is 1. The van der Waals surface area contributed by atoms with Gasteiger partial charge in [-0.05, 0) is 12.1 Å². The van der Waals surface area contributed by atoms with Crippen LogP contribution in [0.4, 0.5) is 0 Å². The van der Waals surface area contributed by atoms with Crippen LogP contribution in [-0.4, -0.2) is 25.8 Å². The van der Waals surface area contributed by atoms with Gasteiger partial charge in [-0.2, -0.15) is 0 Å². The summed E-state index contributed by atoms with van der Waals surface area (Å²) in [5.41, 5.74) is 2.72. The Bertz CT molecular complexity index is 804. The molecule has 0 aliphatic carbocycles. The van der Waals surface area contributed by atoms with Crippen molar-refractivity contribution >= 4 is 17.3 Å². The lowest BCUT2D eigenvalue weighted by Crippen LogP contribution is -2.16. The first kappa shape index (κ1) is 11.3. The van der Waals surface area contributed by atoms with Gasteiger partial charge in [0.15, 0.2) is 0 Å². The molecule has 6 heteroatoms. The lowest BCUT2D eigenvalue weighted by Gasteiger charge is -1.99. The molecule has 0 radical (unpaired) electrons. The van der Waals surface area contributed by atoms with Gasteiger partial charge in [-0.3, -0.25) is 14.5 Å². The van der Waals surface area contributed by atoms with Crippen molar-refractivity contribution in [1.29, 1.82) is 0 Å². The topological polar surface area (TPSA) is 80.6 Å². The first-order valence-corrected chi connectivity index (χ1v) is 5.72.